The average molecular weight is 840 g/mol. The molecule has 0 aliphatic carbocycles. The van der Waals surface area contributed by atoms with Crippen LogP contribution in [0.1, 0.15) is 77.4 Å². The quantitative estimate of drug-likeness (QED) is 0.0995. The number of hydrogen-bond acceptors (Lipinski definition) is 5. The Labute approximate surface area is 362 Å². The lowest BCUT2D eigenvalue weighted by molar-refractivity contribution is -0.110. The van der Waals surface area contributed by atoms with E-state index in [2.05, 4.69) is 67.7 Å². The zero-order chi connectivity index (χ0) is 42.7. The van der Waals surface area contributed by atoms with Crippen molar-refractivity contribution in [3.63, 3.8) is 0 Å². The normalized spacial score (nSPS) is 8.23. The molecule has 0 aliphatic rings. The third-order valence-electron chi connectivity index (χ3n) is 7.04. The number of nitriles is 4. The van der Waals surface area contributed by atoms with Crippen LogP contribution in [0, 0.1) is 107 Å². The topological polar surface area (TPSA) is 121 Å². The molecule has 5 aromatic carbocycles. The van der Waals surface area contributed by atoms with Gasteiger partial charge in [-0.2, -0.15) is 21.0 Å². The molecule has 286 valence electrons. The van der Waals surface area contributed by atoms with Crippen molar-refractivity contribution in [2.75, 3.05) is 0 Å². The first kappa shape index (κ1) is 50.9. The fourth-order valence-electron chi connectivity index (χ4n) is 4.12. The molecule has 0 N–H and O–H groups in total. The van der Waals surface area contributed by atoms with E-state index < -0.39 is 0 Å². The molecular weight excluding hydrogens is 805 g/mol. The molecule has 0 fully saturated rings. The summed E-state index contributed by atoms with van der Waals surface area (Å²) < 4.78 is 0.822. The SMILES string of the molecule is C.C.C#Cc1ccc(C#C)cc1.C=CC(=O)C=CC.[C-]#[N+]c1cc(Br)ccc1C#N.[C-]#[N+]c1cc(C#Cc2ccc(C#Cc3ccc(C#N)c(C#N)c3)cc2)ccc1C#N. The second-order valence-electron chi connectivity index (χ2n) is 10.9. The van der Waals surface area contributed by atoms with Crippen molar-refractivity contribution in [2.24, 2.45) is 0 Å². The van der Waals surface area contributed by atoms with Gasteiger partial charge in [0.15, 0.2) is 5.78 Å². The van der Waals surface area contributed by atoms with Gasteiger partial charge in [-0.05, 0) is 110 Å². The molecule has 0 amide bonds. The van der Waals surface area contributed by atoms with Crippen LogP contribution in [0.25, 0.3) is 9.69 Å². The second kappa shape index (κ2) is 28.3. The van der Waals surface area contributed by atoms with Crippen molar-refractivity contribution >= 4 is 33.1 Å². The van der Waals surface area contributed by atoms with Gasteiger partial charge in [-0.1, -0.05) is 91.1 Å². The van der Waals surface area contributed by atoms with E-state index in [-0.39, 0.29) is 26.3 Å². The first-order valence-corrected chi connectivity index (χ1v) is 17.3. The Morgan fingerprint density at radius 1 is 0.583 bits per heavy atom. The van der Waals surface area contributed by atoms with E-state index >= 15 is 0 Å². The van der Waals surface area contributed by atoms with E-state index in [0.717, 1.165) is 26.7 Å². The van der Waals surface area contributed by atoms with Crippen LogP contribution in [0.4, 0.5) is 11.4 Å². The maximum atomic E-state index is 10.2. The van der Waals surface area contributed by atoms with Crippen LogP contribution in [-0.2, 0) is 4.79 Å². The Hall–Kier alpha value is -9.09. The van der Waals surface area contributed by atoms with E-state index in [0.29, 0.717) is 39.1 Å². The molecule has 0 spiro atoms. The molecule has 0 saturated carbocycles. The Morgan fingerprint density at radius 3 is 1.33 bits per heavy atom. The molecule has 0 atom stereocenters. The van der Waals surface area contributed by atoms with Crippen molar-refractivity contribution in [1.82, 2.24) is 0 Å². The molecule has 0 heterocycles. The van der Waals surface area contributed by atoms with Crippen molar-refractivity contribution in [2.45, 2.75) is 21.8 Å². The van der Waals surface area contributed by atoms with Gasteiger partial charge in [0.25, 0.3) is 0 Å². The van der Waals surface area contributed by atoms with Crippen LogP contribution in [0.2, 0.25) is 0 Å². The molecule has 0 unspecified atom stereocenters. The largest absolute Gasteiger partial charge is 0.290 e. The first-order valence-electron chi connectivity index (χ1n) is 16.5. The number of halogens is 1. The molecule has 8 heteroatoms. The van der Waals surface area contributed by atoms with Gasteiger partial charge in [0.1, 0.15) is 12.1 Å². The van der Waals surface area contributed by atoms with E-state index in [1.54, 1.807) is 67.6 Å². The van der Waals surface area contributed by atoms with Crippen molar-refractivity contribution in [3.8, 4) is 72.6 Å². The van der Waals surface area contributed by atoms with Gasteiger partial charge < -0.3 is 0 Å². The number of terminal acetylenes is 2. The minimum Gasteiger partial charge on any atom is -0.290 e. The lowest BCUT2D eigenvalue weighted by atomic mass is 10.1. The summed E-state index contributed by atoms with van der Waals surface area (Å²) in [7, 11) is 0. The van der Waals surface area contributed by atoms with Gasteiger partial charge in [-0.25, -0.2) is 9.69 Å². The van der Waals surface area contributed by atoms with Crippen LogP contribution >= 0.6 is 15.9 Å². The highest BCUT2D eigenvalue weighted by atomic mass is 79.9. The second-order valence-corrected chi connectivity index (χ2v) is 11.8. The summed E-state index contributed by atoms with van der Waals surface area (Å²) in [6.45, 7) is 18.9. The molecule has 5 aromatic rings. The minimum absolute atomic E-state index is 0. The van der Waals surface area contributed by atoms with Gasteiger partial charge in [0, 0.05) is 37.9 Å². The van der Waals surface area contributed by atoms with Crippen molar-refractivity contribution in [3.05, 3.63) is 211 Å². The van der Waals surface area contributed by atoms with Crippen LogP contribution in [0.3, 0.4) is 0 Å². The fraction of sp³-hybridized carbons (Fsp3) is 0.0577. The lowest BCUT2D eigenvalue weighted by Gasteiger charge is -1.96. The van der Waals surface area contributed by atoms with E-state index in [4.69, 9.17) is 47.0 Å². The van der Waals surface area contributed by atoms with Crippen LogP contribution < -0.4 is 0 Å². The Morgan fingerprint density at radius 2 is 0.950 bits per heavy atom. The van der Waals surface area contributed by atoms with Gasteiger partial charge in [0.2, 0.25) is 11.4 Å². The number of benzene rings is 5. The maximum absolute atomic E-state index is 10.2. The summed E-state index contributed by atoms with van der Waals surface area (Å²) in [5.41, 5.74) is 6.69. The molecule has 0 bridgehead atoms. The number of allylic oxidation sites excluding steroid dienone is 3. The molecule has 0 aromatic heterocycles. The molecule has 0 saturated heterocycles. The minimum atomic E-state index is -0.0394. The Kier molecular flexibility index (Phi) is 24.0. The smallest absolute Gasteiger partial charge is 0.205 e. The number of carbonyl (C=O) groups excluding carboxylic acids is 1. The van der Waals surface area contributed by atoms with E-state index in [1.165, 1.54) is 12.2 Å². The van der Waals surface area contributed by atoms with E-state index in [9.17, 15) is 4.79 Å². The highest BCUT2D eigenvalue weighted by Crippen LogP contribution is 2.23. The maximum Gasteiger partial charge on any atom is 0.205 e. The number of nitrogens with zero attached hydrogens (tertiary/aromatic N) is 6. The standard InChI is InChI=1S/C26H10N4.C10H6.C8H3BrN2.C6H8O.2CH4/c1-30-26-15-22(11-13-24(26)17-28)9-7-20-4-2-19(3-5-20)6-8-21-10-12-23(16-27)25(14-21)18-29;1-3-9-5-7-10(4-2)8-6-9;1-11-8-4-7(9)3-2-6(8)5-10;1-3-5-6(7)4-2;;/h2-5,10-15H;1-2,5-8H;2-4H;3-5H,2H2,1H3;2*1H4. The molecule has 60 heavy (non-hydrogen) atoms. The summed E-state index contributed by atoms with van der Waals surface area (Å²) in [6, 6.07) is 37.4. The van der Waals surface area contributed by atoms with Crippen LogP contribution in [-0.4, -0.2) is 5.78 Å². The molecule has 7 nitrogen and oxygen atoms in total. The predicted octanol–water partition coefficient (Wildman–Crippen LogP) is 11.8. The molecule has 0 aliphatic heterocycles. The third kappa shape index (κ3) is 17.1. The molecule has 0 radical (unpaired) electrons. The van der Waals surface area contributed by atoms with Gasteiger partial charge in [0.05, 0.1) is 47.5 Å². The molecule has 5 rings (SSSR count). The summed E-state index contributed by atoms with van der Waals surface area (Å²) >= 11 is 3.21. The van der Waals surface area contributed by atoms with Gasteiger partial charge in [-0.15, -0.1) is 12.8 Å². The summed E-state index contributed by atoms with van der Waals surface area (Å²) in [4.78, 5) is 16.8. The summed E-state index contributed by atoms with van der Waals surface area (Å²) in [6.07, 6.45) is 14.7. The van der Waals surface area contributed by atoms with Crippen LogP contribution in [0.5, 0.6) is 0 Å². The number of hydrogen-bond donors (Lipinski definition) is 0. The van der Waals surface area contributed by atoms with E-state index in [1.807, 2.05) is 72.8 Å². The van der Waals surface area contributed by atoms with Gasteiger partial charge >= 0.3 is 0 Å². The number of ketones is 1. The number of carbonyl (C=O) groups is 1. The monoisotopic (exact) mass is 838 g/mol. The lowest BCUT2D eigenvalue weighted by Crippen LogP contribution is -1.85. The third-order valence-corrected chi connectivity index (χ3v) is 7.53. The molecular formula is C52H35BrN6O. The predicted molar refractivity (Wildman–Crippen MR) is 243 cm³/mol. The van der Waals surface area contributed by atoms with Crippen molar-refractivity contribution < 1.29 is 4.79 Å². The zero-order valence-electron chi connectivity index (χ0n) is 30.9. The summed E-state index contributed by atoms with van der Waals surface area (Å²) in [5, 5.41) is 35.6. The Balaban J connectivity index is 0.000000947. The Bertz CT molecular complexity index is 2680. The fourth-order valence-corrected chi connectivity index (χ4v) is 4.47. The highest BCUT2D eigenvalue weighted by Gasteiger charge is 2.03. The van der Waals surface area contributed by atoms with Gasteiger partial charge in [-0.3, -0.25) is 4.79 Å². The van der Waals surface area contributed by atoms with Crippen LogP contribution in [0.15, 0.2) is 132 Å². The highest BCUT2D eigenvalue weighted by molar-refractivity contribution is 9.10. The van der Waals surface area contributed by atoms with Crippen molar-refractivity contribution in [1.29, 1.82) is 21.0 Å². The average Bonchev–Trinajstić information content (AvgIpc) is 3.28. The summed E-state index contributed by atoms with van der Waals surface area (Å²) in [5.74, 6) is 17.0. The first-order chi connectivity index (χ1) is 28.1. The number of rotatable bonds is 2. The zero-order valence-corrected chi connectivity index (χ0v) is 32.5.